The Labute approximate surface area is 159 Å². The van der Waals surface area contributed by atoms with Gasteiger partial charge in [-0.2, -0.15) is 0 Å². The summed E-state index contributed by atoms with van der Waals surface area (Å²) in [5.74, 6) is -1.09. The number of carbonyl (C=O) groups is 2. The fraction of sp³-hybridized carbons (Fsp3) is 0.200. The van der Waals surface area contributed by atoms with Gasteiger partial charge in [-0.05, 0) is 29.3 Å². The van der Waals surface area contributed by atoms with Crippen LogP contribution in [-0.2, 0) is 9.59 Å². The molecule has 1 aliphatic rings. The van der Waals surface area contributed by atoms with E-state index >= 15 is 0 Å². The molecule has 0 aromatic heterocycles. The van der Waals surface area contributed by atoms with Crippen LogP contribution < -0.4 is 10.1 Å². The zero-order valence-electron chi connectivity index (χ0n) is 14.9. The topological polar surface area (TPSA) is 58.6 Å². The molecule has 0 fully saturated rings. The van der Waals surface area contributed by atoms with Gasteiger partial charge in [0.15, 0.2) is 0 Å². The molecule has 5 nitrogen and oxygen atoms in total. The van der Waals surface area contributed by atoms with Crippen molar-refractivity contribution in [1.82, 2.24) is 4.90 Å². The summed E-state index contributed by atoms with van der Waals surface area (Å²) in [6, 6.07) is 11.9. The minimum atomic E-state index is -4.82. The number of amides is 2. The number of anilines is 1. The number of nitrogens with one attached hydrogen (secondary N) is 1. The van der Waals surface area contributed by atoms with Crippen molar-refractivity contribution in [2.45, 2.75) is 25.7 Å². The van der Waals surface area contributed by atoms with Gasteiger partial charge in [-0.25, -0.2) is 0 Å². The largest absolute Gasteiger partial charge is 0.573 e. The molecule has 146 valence electrons. The average molecular weight is 390 g/mol. The van der Waals surface area contributed by atoms with Crippen LogP contribution in [0.25, 0.3) is 6.08 Å². The third kappa shape index (κ3) is 4.70. The van der Waals surface area contributed by atoms with Gasteiger partial charge in [-0.1, -0.05) is 30.3 Å². The molecule has 0 saturated carbocycles. The lowest BCUT2D eigenvalue weighted by molar-refractivity contribution is -0.274. The van der Waals surface area contributed by atoms with Crippen molar-refractivity contribution >= 4 is 23.6 Å². The molecule has 1 N–H and O–H groups in total. The van der Waals surface area contributed by atoms with E-state index in [1.165, 1.54) is 24.0 Å². The van der Waals surface area contributed by atoms with E-state index in [0.717, 1.165) is 23.3 Å². The number of hydrogen-bond acceptors (Lipinski definition) is 3. The van der Waals surface area contributed by atoms with Crippen molar-refractivity contribution in [2.24, 2.45) is 0 Å². The lowest BCUT2D eigenvalue weighted by atomic mass is 9.93. The van der Waals surface area contributed by atoms with Gasteiger partial charge in [0, 0.05) is 24.9 Å². The Morgan fingerprint density at radius 3 is 2.61 bits per heavy atom. The molecule has 2 amide bonds. The SMILES string of the molecule is CC(=O)N1C=Cc2ccccc2C1CC(=O)Nc1cccc(OC(F)(F)F)c1. The molecule has 0 spiro atoms. The first-order chi connectivity index (χ1) is 13.2. The summed E-state index contributed by atoms with van der Waals surface area (Å²) in [7, 11) is 0. The Morgan fingerprint density at radius 2 is 1.89 bits per heavy atom. The number of alkyl halides is 3. The Balaban J connectivity index is 1.76. The van der Waals surface area contributed by atoms with E-state index in [2.05, 4.69) is 10.1 Å². The molecule has 8 heteroatoms. The zero-order valence-corrected chi connectivity index (χ0v) is 14.9. The van der Waals surface area contributed by atoms with Crippen LogP contribution in [0, 0.1) is 0 Å². The summed E-state index contributed by atoms with van der Waals surface area (Å²) >= 11 is 0. The van der Waals surface area contributed by atoms with E-state index in [1.54, 1.807) is 12.3 Å². The highest BCUT2D eigenvalue weighted by Gasteiger charge is 2.31. The van der Waals surface area contributed by atoms with Gasteiger partial charge in [0.05, 0.1) is 12.5 Å². The van der Waals surface area contributed by atoms with Gasteiger partial charge < -0.3 is 15.0 Å². The third-order valence-corrected chi connectivity index (χ3v) is 4.20. The fourth-order valence-corrected chi connectivity index (χ4v) is 3.07. The number of hydrogen-bond donors (Lipinski definition) is 1. The maximum Gasteiger partial charge on any atom is 0.573 e. The summed E-state index contributed by atoms with van der Waals surface area (Å²) in [6.07, 6.45) is -1.45. The van der Waals surface area contributed by atoms with Crippen molar-refractivity contribution < 1.29 is 27.5 Å². The number of rotatable bonds is 4. The summed E-state index contributed by atoms with van der Waals surface area (Å²) in [4.78, 5) is 25.9. The molecule has 1 aliphatic heterocycles. The zero-order chi connectivity index (χ0) is 20.3. The van der Waals surface area contributed by atoms with Crippen LogP contribution >= 0.6 is 0 Å². The average Bonchev–Trinajstić information content (AvgIpc) is 2.60. The van der Waals surface area contributed by atoms with E-state index in [0.29, 0.717) is 0 Å². The molecule has 28 heavy (non-hydrogen) atoms. The highest BCUT2D eigenvalue weighted by atomic mass is 19.4. The monoisotopic (exact) mass is 390 g/mol. The lowest BCUT2D eigenvalue weighted by Crippen LogP contribution is -2.33. The van der Waals surface area contributed by atoms with E-state index in [1.807, 2.05) is 24.3 Å². The molecule has 1 heterocycles. The highest BCUT2D eigenvalue weighted by molar-refractivity contribution is 5.92. The number of nitrogens with zero attached hydrogens (tertiary/aromatic N) is 1. The molecule has 0 radical (unpaired) electrons. The third-order valence-electron chi connectivity index (χ3n) is 4.20. The second-order valence-corrected chi connectivity index (χ2v) is 6.21. The maximum absolute atomic E-state index is 12.5. The Hall–Kier alpha value is -3.29. The van der Waals surface area contributed by atoms with Crippen LogP contribution in [0.2, 0.25) is 0 Å². The van der Waals surface area contributed by atoms with Crippen LogP contribution in [0.5, 0.6) is 5.75 Å². The van der Waals surface area contributed by atoms with Gasteiger partial charge in [0.2, 0.25) is 11.8 Å². The Kier molecular flexibility index (Phi) is 5.39. The summed E-state index contributed by atoms with van der Waals surface area (Å²) < 4.78 is 40.9. The minimum Gasteiger partial charge on any atom is -0.406 e. The summed E-state index contributed by atoms with van der Waals surface area (Å²) in [5.41, 5.74) is 1.89. The second kappa shape index (κ2) is 7.75. The predicted molar refractivity (Wildman–Crippen MR) is 97.1 cm³/mol. The van der Waals surface area contributed by atoms with Gasteiger partial charge in [-0.3, -0.25) is 9.59 Å². The smallest absolute Gasteiger partial charge is 0.406 e. The first kappa shape index (κ1) is 19.5. The molecule has 0 bridgehead atoms. The molecule has 2 aromatic carbocycles. The van der Waals surface area contributed by atoms with Crippen molar-refractivity contribution in [3.8, 4) is 5.75 Å². The number of benzene rings is 2. The van der Waals surface area contributed by atoms with Gasteiger partial charge in [0.1, 0.15) is 5.75 Å². The van der Waals surface area contributed by atoms with Gasteiger partial charge >= 0.3 is 6.36 Å². The molecule has 2 aromatic rings. The van der Waals surface area contributed by atoms with Crippen LogP contribution in [0.4, 0.5) is 18.9 Å². The molecule has 0 aliphatic carbocycles. The van der Waals surface area contributed by atoms with Crippen molar-refractivity contribution in [3.05, 3.63) is 65.9 Å². The van der Waals surface area contributed by atoms with E-state index in [9.17, 15) is 22.8 Å². The van der Waals surface area contributed by atoms with Crippen molar-refractivity contribution in [1.29, 1.82) is 0 Å². The van der Waals surface area contributed by atoms with Crippen molar-refractivity contribution in [3.63, 3.8) is 0 Å². The normalized spacial score (nSPS) is 15.7. The number of ether oxygens (including phenoxy) is 1. The van der Waals surface area contributed by atoms with Crippen LogP contribution in [0.3, 0.4) is 0 Å². The molecular formula is C20H17F3N2O3. The van der Waals surface area contributed by atoms with Gasteiger partial charge in [-0.15, -0.1) is 13.2 Å². The second-order valence-electron chi connectivity index (χ2n) is 6.21. The lowest BCUT2D eigenvalue weighted by Gasteiger charge is -2.32. The molecule has 1 atom stereocenters. The van der Waals surface area contributed by atoms with Crippen LogP contribution in [0.1, 0.15) is 30.5 Å². The number of fused-ring (bicyclic) bond motifs is 1. The van der Waals surface area contributed by atoms with Crippen LogP contribution in [-0.4, -0.2) is 23.1 Å². The van der Waals surface area contributed by atoms with E-state index < -0.39 is 24.1 Å². The van der Waals surface area contributed by atoms with Gasteiger partial charge in [0.25, 0.3) is 0 Å². The number of halogens is 3. The Bertz CT molecular complexity index is 925. The summed E-state index contributed by atoms with van der Waals surface area (Å²) in [6.45, 7) is 1.40. The minimum absolute atomic E-state index is 0.0503. The van der Waals surface area contributed by atoms with Crippen molar-refractivity contribution in [2.75, 3.05) is 5.32 Å². The Morgan fingerprint density at radius 1 is 1.14 bits per heavy atom. The maximum atomic E-state index is 12.5. The number of carbonyl (C=O) groups excluding carboxylic acids is 2. The molecule has 1 unspecified atom stereocenters. The first-order valence-corrected chi connectivity index (χ1v) is 8.44. The van der Waals surface area contributed by atoms with Crippen LogP contribution in [0.15, 0.2) is 54.7 Å². The molecular weight excluding hydrogens is 373 g/mol. The first-order valence-electron chi connectivity index (χ1n) is 8.44. The fourth-order valence-electron chi connectivity index (χ4n) is 3.07. The molecule has 0 saturated heterocycles. The quantitative estimate of drug-likeness (QED) is 0.837. The van der Waals surface area contributed by atoms with E-state index in [-0.39, 0.29) is 18.0 Å². The highest BCUT2D eigenvalue weighted by Crippen LogP contribution is 2.33. The predicted octanol–water partition coefficient (Wildman–Crippen LogP) is 4.49. The molecule has 3 rings (SSSR count). The van der Waals surface area contributed by atoms with E-state index in [4.69, 9.17) is 0 Å². The standard InChI is InChI=1S/C20H17F3N2O3/c1-13(26)25-10-9-14-5-2-3-8-17(14)18(25)12-19(27)24-15-6-4-7-16(11-15)28-20(21,22)23/h2-11,18H,12H2,1H3,(H,24,27). The summed E-state index contributed by atoms with van der Waals surface area (Å²) in [5, 5.41) is 2.56.